The van der Waals surface area contributed by atoms with Gasteiger partial charge in [-0.05, 0) is 37.7 Å². The first kappa shape index (κ1) is 14.4. The van der Waals surface area contributed by atoms with Crippen LogP contribution in [-0.4, -0.2) is 28.2 Å². The van der Waals surface area contributed by atoms with Crippen LogP contribution < -0.4 is 0 Å². The van der Waals surface area contributed by atoms with Gasteiger partial charge in [-0.2, -0.15) is 0 Å². The van der Waals surface area contributed by atoms with Crippen LogP contribution in [0.5, 0.6) is 0 Å². The van der Waals surface area contributed by atoms with Gasteiger partial charge in [0.2, 0.25) is 11.8 Å². The highest BCUT2D eigenvalue weighted by Gasteiger charge is 2.12. The molecule has 0 unspecified atom stereocenters. The third-order valence-corrected chi connectivity index (χ3v) is 2.86. The summed E-state index contributed by atoms with van der Waals surface area (Å²) >= 11 is 0. The Bertz CT molecular complexity index is 577. The van der Waals surface area contributed by atoms with E-state index in [4.69, 9.17) is 4.42 Å². The van der Waals surface area contributed by atoms with Crippen molar-refractivity contribution in [1.82, 2.24) is 15.1 Å². The lowest BCUT2D eigenvalue weighted by molar-refractivity contribution is 0.271. The highest BCUT2D eigenvalue weighted by molar-refractivity contribution is 5.51. The number of hydrogen-bond donors (Lipinski definition) is 0. The van der Waals surface area contributed by atoms with E-state index in [0.717, 1.165) is 18.7 Å². The fourth-order valence-corrected chi connectivity index (χ4v) is 1.88. The molecule has 5 heteroatoms. The summed E-state index contributed by atoms with van der Waals surface area (Å²) in [7, 11) is 0. The molecule has 0 amide bonds. The van der Waals surface area contributed by atoms with Gasteiger partial charge in [0.05, 0.1) is 6.54 Å². The zero-order valence-corrected chi connectivity index (χ0v) is 11.8. The average Bonchev–Trinajstić information content (AvgIpc) is 2.87. The minimum Gasteiger partial charge on any atom is -0.419 e. The van der Waals surface area contributed by atoms with Gasteiger partial charge in [-0.3, -0.25) is 4.90 Å². The zero-order valence-electron chi connectivity index (χ0n) is 11.8. The Morgan fingerprint density at radius 1 is 1.30 bits per heavy atom. The maximum absolute atomic E-state index is 12.9. The predicted octanol–water partition coefficient (Wildman–Crippen LogP) is 3.27. The Morgan fingerprint density at radius 3 is 2.60 bits per heavy atom. The second-order valence-electron chi connectivity index (χ2n) is 4.77. The molecule has 0 radical (unpaired) electrons. The highest BCUT2D eigenvalue weighted by Crippen LogP contribution is 2.18. The number of nitrogens with zero attached hydrogens (tertiary/aromatic N) is 3. The Labute approximate surface area is 117 Å². The number of halogens is 1. The van der Waals surface area contributed by atoms with E-state index in [9.17, 15) is 4.39 Å². The molecule has 0 saturated carbocycles. The molecule has 0 aliphatic heterocycles. The molecule has 0 spiro atoms. The largest absolute Gasteiger partial charge is 0.419 e. The molecule has 0 aliphatic carbocycles. The third-order valence-electron chi connectivity index (χ3n) is 2.86. The van der Waals surface area contributed by atoms with E-state index in [1.807, 2.05) is 6.92 Å². The Kier molecular flexibility index (Phi) is 4.63. The van der Waals surface area contributed by atoms with Gasteiger partial charge >= 0.3 is 0 Å². The minimum absolute atomic E-state index is 0.285. The summed E-state index contributed by atoms with van der Waals surface area (Å²) in [6, 6.07) is 5.99. The van der Waals surface area contributed by atoms with Gasteiger partial charge in [-0.1, -0.05) is 19.1 Å². The molecule has 0 N–H and O–H groups in total. The summed E-state index contributed by atoms with van der Waals surface area (Å²) in [6.45, 7) is 10.2. The second kappa shape index (κ2) is 6.43. The topological polar surface area (TPSA) is 42.2 Å². The lowest BCUT2D eigenvalue weighted by Gasteiger charge is -2.17. The van der Waals surface area contributed by atoms with E-state index in [2.05, 4.69) is 28.6 Å². The Hall–Kier alpha value is -2.01. The van der Waals surface area contributed by atoms with Crippen molar-refractivity contribution in [2.75, 3.05) is 13.1 Å². The number of benzene rings is 1. The molecule has 0 bridgehead atoms. The maximum atomic E-state index is 12.9. The average molecular weight is 275 g/mol. The molecule has 4 nitrogen and oxygen atoms in total. The fourth-order valence-electron chi connectivity index (χ4n) is 1.88. The number of rotatable bonds is 6. The summed E-state index contributed by atoms with van der Waals surface area (Å²) in [5.74, 6) is 0.672. The second-order valence-corrected chi connectivity index (χ2v) is 4.77. The van der Waals surface area contributed by atoms with E-state index >= 15 is 0 Å². The molecular weight excluding hydrogens is 257 g/mol. The normalized spacial score (nSPS) is 11.0. The SMILES string of the molecule is C=C(C)CN(CC)Cc1nnc(-c2ccc(F)cc2)o1. The fraction of sp³-hybridized carbons (Fsp3) is 0.333. The van der Waals surface area contributed by atoms with E-state index in [-0.39, 0.29) is 5.82 Å². The number of aromatic nitrogens is 2. The molecular formula is C15H18FN3O. The molecule has 106 valence electrons. The van der Waals surface area contributed by atoms with Crippen LogP contribution in [-0.2, 0) is 6.54 Å². The first-order chi connectivity index (χ1) is 9.58. The van der Waals surface area contributed by atoms with E-state index in [1.165, 1.54) is 12.1 Å². The number of hydrogen-bond acceptors (Lipinski definition) is 4. The van der Waals surface area contributed by atoms with Crippen molar-refractivity contribution in [2.45, 2.75) is 20.4 Å². The van der Waals surface area contributed by atoms with Gasteiger partial charge in [-0.25, -0.2) is 4.39 Å². The summed E-state index contributed by atoms with van der Waals surface area (Å²) in [5.41, 5.74) is 1.80. The van der Waals surface area contributed by atoms with Crippen molar-refractivity contribution in [1.29, 1.82) is 0 Å². The van der Waals surface area contributed by atoms with Crippen LogP contribution in [0.25, 0.3) is 11.5 Å². The summed E-state index contributed by atoms with van der Waals surface area (Å²) < 4.78 is 18.5. The molecule has 0 saturated heterocycles. The van der Waals surface area contributed by atoms with Crippen molar-refractivity contribution in [3.05, 3.63) is 48.1 Å². The monoisotopic (exact) mass is 275 g/mol. The molecule has 20 heavy (non-hydrogen) atoms. The predicted molar refractivity (Wildman–Crippen MR) is 75.5 cm³/mol. The molecule has 1 heterocycles. The van der Waals surface area contributed by atoms with Crippen LogP contribution in [0.3, 0.4) is 0 Å². The van der Waals surface area contributed by atoms with Crippen LogP contribution in [0.4, 0.5) is 4.39 Å². The van der Waals surface area contributed by atoms with Crippen LogP contribution in [0, 0.1) is 5.82 Å². The van der Waals surface area contributed by atoms with Crippen LogP contribution in [0.15, 0.2) is 40.8 Å². The van der Waals surface area contributed by atoms with E-state index < -0.39 is 0 Å². The summed E-state index contributed by atoms with van der Waals surface area (Å²) in [6.07, 6.45) is 0. The van der Waals surface area contributed by atoms with Crippen molar-refractivity contribution in [2.24, 2.45) is 0 Å². The first-order valence-corrected chi connectivity index (χ1v) is 6.53. The molecule has 0 fully saturated rings. The van der Waals surface area contributed by atoms with Crippen molar-refractivity contribution in [3.8, 4) is 11.5 Å². The summed E-state index contributed by atoms with van der Waals surface area (Å²) in [5, 5.41) is 8.02. The van der Waals surface area contributed by atoms with Crippen molar-refractivity contribution in [3.63, 3.8) is 0 Å². The third kappa shape index (κ3) is 3.74. The minimum atomic E-state index is -0.285. The molecule has 2 aromatic rings. The van der Waals surface area contributed by atoms with Gasteiger partial charge in [0, 0.05) is 12.1 Å². The lowest BCUT2D eigenvalue weighted by Crippen LogP contribution is -2.24. The number of likely N-dealkylation sites (N-methyl/N-ethyl adjacent to an activating group) is 1. The van der Waals surface area contributed by atoms with Crippen LogP contribution in [0.1, 0.15) is 19.7 Å². The van der Waals surface area contributed by atoms with Gasteiger partial charge in [0.25, 0.3) is 0 Å². The van der Waals surface area contributed by atoms with Crippen molar-refractivity contribution >= 4 is 0 Å². The molecule has 1 aromatic carbocycles. The van der Waals surface area contributed by atoms with Gasteiger partial charge in [-0.15, -0.1) is 10.2 Å². The lowest BCUT2D eigenvalue weighted by atomic mass is 10.2. The van der Waals surface area contributed by atoms with E-state index in [0.29, 0.717) is 23.9 Å². The summed E-state index contributed by atoms with van der Waals surface area (Å²) in [4.78, 5) is 2.16. The molecule has 2 rings (SSSR count). The Morgan fingerprint density at radius 2 is 2.00 bits per heavy atom. The molecule has 1 aromatic heterocycles. The molecule has 0 atom stereocenters. The van der Waals surface area contributed by atoms with Crippen LogP contribution in [0.2, 0.25) is 0 Å². The standard InChI is InChI=1S/C15H18FN3O/c1-4-19(9-11(2)3)10-14-17-18-15(20-14)12-5-7-13(16)8-6-12/h5-8H,2,4,9-10H2,1,3H3. The molecule has 0 aliphatic rings. The zero-order chi connectivity index (χ0) is 14.5. The maximum Gasteiger partial charge on any atom is 0.247 e. The first-order valence-electron chi connectivity index (χ1n) is 6.53. The van der Waals surface area contributed by atoms with Crippen molar-refractivity contribution < 1.29 is 8.81 Å². The van der Waals surface area contributed by atoms with Gasteiger partial charge < -0.3 is 4.42 Å². The van der Waals surface area contributed by atoms with Gasteiger partial charge in [0.15, 0.2) is 0 Å². The Balaban J connectivity index is 2.08. The van der Waals surface area contributed by atoms with E-state index in [1.54, 1.807) is 12.1 Å². The smallest absolute Gasteiger partial charge is 0.247 e. The highest BCUT2D eigenvalue weighted by atomic mass is 19.1. The quantitative estimate of drug-likeness (QED) is 0.759. The van der Waals surface area contributed by atoms with Crippen LogP contribution >= 0.6 is 0 Å². The van der Waals surface area contributed by atoms with Gasteiger partial charge in [0.1, 0.15) is 5.82 Å².